The third-order valence-electron chi connectivity index (χ3n) is 4.86. The van der Waals surface area contributed by atoms with Gasteiger partial charge in [0.1, 0.15) is 5.75 Å². The molecule has 0 atom stereocenters. The van der Waals surface area contributed by atoms with E-state index >= 15 is 0 Å². The topological polar surface area (TPSA) is 58.6 Å². The molecule has 1 fully saturated rings. The smallest absolute Gasteiger partial charge is 0.222 e. The number of hydrogen-bond donors (Lipinski definition) is 1. The maximum atomic E-state index is 12.3. The van der Waals surface area contributed by atoms with Crippen LogP contribution in [0.25, 0.3) is 0 Å². The van der Waals surface area contributed by atoms with Crippen LogP contribution in [-0.2, 0) is 9.59 Å². The lowest BCUT2D eigenvalue weighted by molar-refractivity contribution is -0.132. The van der Waals surface area contributed by atoms with Gasteiger partial charge in [0.15, 0.2) is 0 Å². The summed E-state index contributed by atoms with van der Waals surface area (Å²) in [5, 5.41) is 3.09. The Morgan fingerprint density at radius 3 is 2.58 bits per heavy atom. The van der Waals surface area contributed by atoms with Gasteiger partial charge in [-0.2, -0.15) is 0 Å². The van der Waals surface area contributed by atoms with Crippen LogP contribution in [-0.4, -0.2) is 42.5 Å². The van der Waals surface area contributed by atoms with Crippen molar-refractivity contribution in [3.05, 3.63) is 29.8 Å². The molecule has 1 aliphatic heterocycles. The van der Waals surface area contributed by atoms with Crippen molar-refractivity contribution in [2.45, 2.75) is 64.8 Å². The van der Waals surface area contributed by atoms with Gasteiger partial charge in [0.2, 0.25) is 11.8 Å². The number of rotatable bonds is 9. The summed E-state index contributed by atoms with van der Waals surface area (Å²) in [5.41, 5.74) is 1.11. The fourth-order valence-corrected chi connectivity index (χ4v) is 3.19. The van der Waals surface area contributed by atoms with Gasteiger partial charge in [-0.1, -0.05) is 31.5 Å². The van der Waals surface area contributed by atoms with Crippen molar-refractivity contribution in [1.82, 2.24) is 10.2 Å². The molecule has 5 nitrogen and oxygen atoms in total. The molecular weight excluding hydrogens is 328 g/mol. The molecule has 0 aliphatic carbocycles. The van der Waals surface area contributed by atoms with E-state index in [-0.39, 0.29) is 17.9 Å². The van der Waals surface area contributed by atoms with Gasteiger partial charge in [-0.05, 0) is 44.2 Å². The molecule has 0 saturated carbocycles. The Morgan fingerprint density at radius 2 is 1.88 bits per heavy atom. The van der Waals surface area contributed by atoms with E-state index < -0.39 is 0 Å². The summed E-state index contributed by atoms with van der Waals surface area (Å²) in [6.45, 7) is 6.13. The zero-order valence-electron chi connectivity index (χ0n) is 16.1. The Bertz CT molecular complexity index is 580. The number of para-hydroxylation sites is 1. The standard InChI is InChI=1S/C21H32N2O3/c1-3-4-10-20(24)22-18-12-14-23(15-13-18)21(25)11-7-16-26-19-9-6-5-8-17(19)2/h5-6,8-9,18H,3-4,7,10-16H2,1-2H3,(H,22,24). The molecule has 1 heterocycles. The highest BCUT2D eigenvalue weighted by Crippen LogP contribution is 2.17. The predicted octanol–water partition coefficient (Wildman–Crippen LogP) is 3.45. The van der Waals surface area contributed by atoms with Crippen LogP contribution in [0.4, 0.5) is 0 Å². The molecule has 1 aromatic carbocycles. The van der Waals surface area contributed by atoms with Crippen LogP contribution in [0.1, 0.15) is 57.4 Å². The van der Waals surface area contributed by atoms with Crippen molar-refractivity contribution in [3.63, 3.8) is 0 Å². The molecule has 1 aliphatic rings. The number of likely N-dealkylation sites (tertiary alicyclic amines) is 1. The lowest BCUT2D eigenvalue weighted by atomic mass is 10.0. The lowest BCUT2D eigenvalue weighted by Crippen LogP contribution is -2.46. The Balaban J connectivity index is 1.61. The van der Waals surface area contributed by atoms with E-state index in [1.807, 2.05) is 36.1 Å². The number of amides is 2. The predicted molar refractivity (Wildman–Crippen MR) is 103 cm³/mol. The van der Waals surface area contributed by atoms with Gasteiger partial charge in [-0.15, -0.1) is 0 Å². The Labute approximate surface area is 157 Å². The van der Waals surface area contributed by atoms with Gasteiger partial charge in [-0.3, -0.25) is 9.59 Å². The average molecular weight is 360 g/mol. The van der Waals surface area contributed by atoms with Crippen molar-refractivity contribution in [3.8, 4) is 5.75 Å². The third kappa shape index (κ3) is 6.70. The first kappa shape index (κ1) is 20.3. The molecule has 0 unspecified atom stereocenters. The van der Waals surface area contributed by atoms with E-state index in [9.17, 15) is 9.59 Å². The van der Waals surface area contributed by atoms with Gasteiger partial charge >= 0.3 is 0 Å². The van der Waals surface area contributed by atoms with E-state index in [4.69, 9.17) is 4.74 Å². The monoisotopic (exact) mass is 360 g/mol. The zero-order valence-corrected chi connectivity index (χ0v) is 16.1. The normalized spacial score (nSPS) is 14.9. The summed E-state index contributed by atoms with van der Waals surface area (Å²) in [6.07, 6.45) is 5.52. The van der Waals surface area contributed by atoms with E-state index in [0.29, 0.717) is 19.4 Å². The number of benzene rings is 1. The molecule has 1 aromatic rings. The van der Waals surface area contributed by atoms with Gasteiger partial charge in [-0.25, -0.2) is 0 Å². The van der Waals surface area contributed by atoms with E-state index in [2.05, 4.69) is 12.2 Å². The zero-order chi connectivity index (χ0) is 18.8. The van der Waals surface area contributed by atoms with Crippen LogP contribution in [0.5, 0.6) is 5.75 Å². The molecule has 0 aromatic heterocycles. The molecule has 0 radical (unpaired) electrons. The van der Waals surface area contributed by atoms with Crippen LogP contribution in [0.2, 0.25) is 0 Å². The van der Waals surface area contributed by atoms with Crippen molar-refractivity contribution in [1.29, 1.82) is 0 Å². The minimum Gasteiger partial charge on any atom is -0.493 e. The van der Waals surface area contributed by atoms with E-state index in [0.717, 1.165) is 56.5 Å². The summed E-state index contributed by atoms with van der Waals surface area (Å²) in [7, 11) is 0. The summed E-state index contributed by atoms with van der Waals surface area (Å²) in [4.78, 5) is 26.0. The largest absolute Gasteiger partial charge is 0.493 e. The van der Waals surface area contributed by atoms with Crippen LogP contribution in [0.3, 0.4) is 0 Å². The summed E-state index contributed by atoms with van der Waals surface area (Å²) in [6, 6.07) is 8.13. The first-order valence-electron chi connectivity index (χ1n) is 9.85. The summed E-state index contributed by atoms with van der Waals surface area (Å²) >= 11 is 0. The second-order valence-corrected chi connectivity index (χ2v) is 7.04. The van der Waals surface area contributed by atoms with Crippen molar-refractivity contribution < 1.29 is 14.3 Å². The number of carbonyl (C=O) groups excluding carboxylic acids is 2. The molecule has 5 heteroatoms. The Hall–Kier alpha value is -2.04. The second-order valence-electron chi connectivity index (χ2n) is 7.04. The van der Waals surface area contributed by atoms with Crippen LogP contribution in [0, 0.1) is 6.92 Å². The average Bonchev–Trinajstić information content (AvgIpc) is 2.65. The number of nitrogens with one attached hydrogen (secondary N) is 1. The third-order valence-corrected chi connectivity index (χ3v) is 4.86. The van der Waals surface area contributed by atoms with Crippen LogP contribution < -0.4 is 10.1 Å². The summed E-state index contributed by atoms with van der Waals surface area (Å²) in [5.74, 6) is 1.22. The maximum Gasteiger partial charge on any atom is 0.222 e. The number of piperidine rings is 1. The number of unbranched alkanes of at least 4 members (excludes halogenated alkanes) is 1. The van der Waals surface area contributed by atoms with Crippen molar-refractivity contribution >= 4 is 11.8 Å². The lowest BCUT2D eigenvalue weighted by Gasteiger charge is -2.32. The highest BCUT2D eigenvalue weighted by molar-refractivity contribution is 5.77. The highest BCUT2D eigenvalue weighted by Gasteiger charge is 2.23. The SMILES string of the molecule is CCCCC(=O)NC1CCN(C(=O)CCCOc2ccccc2C)CC1. The molecule has 0 bridgehead atoms. The minimum atomic E-state index is 0.144. The van der Waals surface area contributed by atoms with Crippen molar-refractivity contribution in [2.75, 3.05) is 19.7 Å². The number of nitrogens with zero attached hydrogens (tertiary/aromatic N) is 1. The minimum absolute atomic E-state index is 0.144. The number of ether oxygens (including phenoxy) is 1. The number of carbonyl (C=O) groups is 2. The molecule has 144 valence electrons. The first-order chi connectivity index (χ1) is 12.6. The summed E-state index contributed by atoms with van der Waals surface area (Å²) < 4.78 is 5.75. The maximum absolute atomic E-state index is 12.3. The Morgan fingerprint density at radius 1 is 1.15 bits per heavy atom. The van der Waals surface area contributed by atoms with Crippen LogP contribution in [0.15, 0.2) is 24.3 Å². The molecule has 1 saturated heterocycles. The quantitative estimate of drug-likeness (QED) is 0.686. The fourth-order valence-electron chi connectivity index (χ4n) is 3.19. The Kier molecular flexibility index (Phi) is 8.45. The molecule has 1 N–H and O–H groups in total. The fraction of sp³-hybridized carbons (Fsp3) is 0.619. The van der Waals surface area contributed by atoms with Gasteiger partial charge in [0.05, 0.1) is 6.61 Å². The van der Waals surface area contributed by atoms with Crippen LogP contribution >= 0.6 is 0 Å². The number of aryl methyl sites for hydroxylation is 1. The van der Waals surface area contributed by atoms with Gasteiger partial charge in [0, 0.05) is 32.0 Å². The molecule has 26 heavy (non-hydrogen) atoms. The second kappa shape index (κ2) is 10.8. The number of hydrogen-bond acceptors (Lipinski definition) is 3. The van der Waals surface area contributed by atoms with Gasteiger partial charge < -0.3 is 15.0 Å². The van der Waals surface area contributed by atoms with Gasteiger partial charge in [0.25, 0.3) is 0 Å². The van der Waals surface area contributed by atoms with Crippen molar-refractivity contribution in [2.24, 2.45) is 0 Å². The molecule has 2 amide bonds. The first-order valence-corrected chi connectivity index (χ1v) is 9.85. The molecular formula is C21H32N2O3. The molecule has 2 rings (SSSR count). The highest BCUT2D eigenvalue weighted by atomic mass is 16.5. The van der Waals surface area contributed by atoms with E-state index in [1.165, 1.54) is 0 Å². The molecule has 0 spiro atoms. The van der Waals surface area contributed by atoms with E-state index in [1.54, 1.807) is 0 Å².